The van der Waals surface area contributed by atoms with Gasteiger partial charge in [-0.25, -0.2) is 0 Å². The van der Waals surface area contributed by atoms with Crippen LogP contribution < -0.4 is 5.32 Å². The molecular formula is C13H19NO3. The molecule has 17 heavy (non-hydrogen) atoms. The normalized spacial score (nSPS) is 18.9. The lowest BCUT2D eigenvalue weighted by Gasteiger charge is -2.22. The van der Waals surface area contributed by atoms with E-state index in [2.05, 4.69) is 5.32 Å². The predicted octanol–water partition coefficient (Wildman–Crippen LogP) is 2.19. The lowest BCUT2D eigenvalue weighted by atomic mass is 9.99. The molecule has 1 amide bonds. The molecule has 1 atom stereocenters. The van der Waals surface area contributed by atoms with E-state index >= 15 is 0 Å². The van der Waals surface area contributed by atoms with Gasteiger partial charge in [-0.05, 0) is 38.8 Å². The van der Waals surface area contributed by atoms with Gasteiger partial charge in [0.05, 0.1) is 6.04 Å². The topological polar surface area (TPSA) is 51.5 Å². The smallest absolute Gasteiger partial charge is 0.223 e. The first-order chi connectivity index (χ1) is 8.16. The van der Waals surface area contributed by atoms with Crippen molar-refractivity contribution in [2.75, 3.05) is 13.2 Å². The van der Waals surface area contributed by atoms with Crippen LogP contribution in [0.25, 0.3) is 0 Å². The van der Waals surface area contributed by atoms with Crippen LogP contribution in [0.4, 0.5) is 0 Å². The predicted molar refractivity (Wildman–Crippen MR) is 63.5 cm³/mol. The Bertz CT molecular complexity index is 380. The summed E-state index contributed by atoms with van der Waals surface area (Å²) in [5, 5.41) is 2.99. The highest BCUT2D eigenvalue weighted by Crippen LogP contribution is 2.19. The van der Waals surface area contributed by atoms with Gasteiger partial charge in [0.2, 0.25) is 5.91 Å². The quantitative estimate of drug-likeness (QED) is 0.876. The number of furan rings is 1. The molecule has 0 bridgehead atoms. The Labute approximate surface area is 101 Å². The number of carbonyl (C=O) groups is 1. The van der Waals surface area contributed by atoms with Crippen molar-refractivity contribution < 1.29 is 13.9 Å². The van der Waals surface area contributed by atoms with Crippen molar-refractivity contribution in [2.24, 2.45) is 5.92 Å². The van der Waals surface area contributed by atoms with E-state index in [1.54, 1.807) is 0 Å². The second-order valence-corrected chi connectivity index (χ2v) is 4.57. The summed E-state index contributed by atoms with van der Waals surface area (Å²) in [7, 11) is 0. The Hall–Kier alpha value is -1.29. The van der Waals surface area contributed by atoms with Crippen molar-refractivity contribution >= 4 is 5.91 Å². The first-order valence-electron chi connectivity index (χ1n) is 6.11. The van der Waals surface area contributed by atoms with Crippen LogP contribution in [-0.2, 0) is 9.53 Å². The summed E-state index contributed by atoms with van der Waals surface area (Å²) in [5.41, 5.74) is 0. The van der Waals surface area contributed by atoms with Gasteiger partial charge in [0.1, 0.15) is 11.5 Å². The average Bonchev–Trinajstić information content (AvgIpc) is 2.77. The van der Waals surface area contributed by atoms with Crippen molar-refractivity contribution in [1.29, 1.82) is 0 Å². The van der Waals surface area contributed by atoms with Gasteiger partial charge in [0.15, 0.2) is 0 Å². The van der Waals surface area contributed by atoms with Gasteiger partial charge in [0, 0.05) is 19.1 Å². The maximum absolute atomic E-state index is 12.0. The first kappa shape index (κ1) is 12.2. The van der Waals surface area contributed by atoms with E-state index in [1.165, 1.54) is 0 Å². The molecule has 0 aliphatic carbocycles. The fourth-order valence-corrected chi connectivity index (χ4v) is 2.05. The zero-order valence-electron chi connectivity index (χ0n) is 10.4. The Morgan fingerprint density at radius 3 is 2.71 bits per heavy atom. The largest absolute Gasteiger partial charge is 0.464 e. The van der Waals surface area contributed by atoms with E-state index in [0.717, 1.165) is 24.4 Å². The first-order valence-corrected chi connectivity index (χ1v) is 6.11. The van der Waals surface area contributed by atoms with Crippen molar-refractivity contribution in [1.82, 2.24) is 5.32 Å². The highest BCUT2D eigenvalue weighted by atomic mass is 16.5. The maximum atomic E-state index is 12.0. The second-order valence-electron chi connectivity index (χ2n) is 4.57. The Morgan fingerprint density at radius 1 is 1.41 bits per heavy atom. The molecule has 0 unspecified atom stereocenters. The Kier molecular flexibility index (Phi) is 3.84. The van der Waals surface area contributed by atoms with Crippen LogP contribution in [0, 0.1) is 12.8 Å². The molecule has 1 aliphatic heterocycles. The number of ether oxygens (including phenoxy) is 1. The molecule has 1 N–H and O–H groups in total. The van der Waals surface area contributed by atoms with Gasteiger partial charge in [-0.3, -0.25) is 4.79 Å². The molecule has 94 valence electrons. The minimum atomic E-state index is -0.0703. The van der Waals surface area contributed by atoms with E-state index in [1.807, 2.05) is 26.0 Å². The molecule has 1 aliphatic rings. The molecule has 2 heterocycles. The molecule has 0 radical (unpaired) electrons. The molecule has 4 nitrogen and oxygen atoms in total. The highest BCUT2D eigenvalue weighted by Gasteiger charge is 2.23. The third-order valence-electron chi connectivity index (χ3n) is 3.14. The molecule has 0 aromatic carbocycles. The Morgan fingerprint density at radius 2 is 2.12 bits per heavy atom. The summed E-state index contributed by atoms with van der Waals surface area (Å²) in [4.78, 5) is 12.0. The number of carbonyl (C=O) groups excluding carboxylic acids is 1. The zero-order valence-corrected chi connectivity index (χ0v) is 10.4. The fraction of sp³-hybridized carbons (Fsp3) is 0.615. The van der Waals surface area contributed by atoms with E-state index in [4.69, 9.17) is 9.15 Å². The maximum Gasteiger partial charge on any atom is 0.223 e. The minimum absolute atomic E-state index is 0.0703. The van der Waals surface area contributed by atoms with Crippen LogP contribution in [0.5, 0.6) is 0 Å². The lowest BCUT2D eigenvalue weighted by molar-refractivity contribution is -0.128. The third-order valence-corrected chi connectivity index (χ3v) is 3.14. The van der Waals surface area contributed by atoms with Gasteiger partial charge in [-0.1, -0.05) is 0 Å². The SMILES string of the molecule is Cc1ccc([C@H](C)NC(=O)C2CCOCC2)o1. The molecule has 1 fully saturated rings. The number of aryl methyl sites for hydroxylation is 1. The average molecular weight is 237 g/mol. The summed E-state index contributed by atoms with van der Waals surface area (Å²) in [5.74, 6) is 1.87. The summed E-state index contributed by atoms with van der Waals surface area (Å²) in [6, 6.07) is 3.75. The second kappa shape index (κ2) is 5.36. The van der Waals surface area contributed by atoms with Gasteiger partial charge in [0.25, 0.3) is 0 Å². The number of hydrogen-bond acceptors (Lipinski definition) is 3. The van der Waals surface area contributed by atoms with Crippen LogP contribution in [0.1, 0.15) is 37.3 Å². The summed E-state index contributed by atoms with van der Waals surface area (Å²) in [6.45, 7) is 5.21. The molecular weight excluding hydrogens is 218 g/mol. The van der Waals surface area contributed by atoms with Crippen molar-refractivity contribution in [3.05, 3.63) is 23.7 Å². The summed E-state index contributed by atoms with van der Waals surface area (Å²) < 4.78 is 10.7. The van der Waals surface area contributed by atoms with Gasteiger partial charge < -0.3 is 14.5 Å². The van der Waals surface area contributed by atoms with Crippen LogP contribution in [-0.4, -0.2) is 19.1 Å². The van der Waals surface area contributed by atoms with E-state index in [0.29, 0.717) is 13.2 Å². The third kappa shape index (κ3) is 3.09. The standard InChI is InChI=1S/C13H19NO3/c1-9-3-4-12(17-9)10(2)14-13(15)11-5-7-16-8-6-11/h3-4,10-11H,5-8H2,1-2H3,(H,14,15)/t10-/m0/s1. The van der Waals surface area contributed by atoms with Gasteiger partial charge in [-0.15, -0.1) is 0 Å². The van der Waals surface area contributed by atoms with Crippen LogP contribution >= 0.6 is 0 Å². The van der Waals surface area contributed by atoms with Crippen LogP contribution in [0.15, 0.2) is 16.5 Å². The molecule has 0 saturated carbocycles. The molecule has 4 heteroatoms. The van der Waals surface area contributed by atoms with Gasteiger partial charge >= 0.3 is 0 Å². The molecule has 2 rings (SSSR count). The van der Waals surface area contributed by atoms with Gasteiger partial charge in [-0.2, -0.15) is 0 Å². The van der Waals surface area contributed by atoms with Crippen LogP contribution in [0.3, 0.4) is 0 Å². The summed E-state index contributed by atoms with van der Waals surface area (Å²) in [6.07, 6.45) is 1.63. The summed E-state index contributed by atoms with van der Waals surface area (Å²) >= 11 is 0. The molecule has 0 spiro atoms. The molecule has 1 saturated heterocycles. The highest BCUT2D eigenvalue weighted by molar-refractivity contribution is 5.79. The Balaban J connectivity index is 1.89. The monoisotopic (exact) mass is 237 g/mol. The minimum Gasteiger partial charge on any atom is -0.464 e. The lowest BCUT2D eigenvalue weighted by Crippen LogP contribution is -2.35. The number of amides is 1. The van der Waals surface area contributed by atoms with E-state index < -0.39 is 0 Å². The van der Waals surface area contributed by atoms with Crippen molar-refractivity contribution in [3.63, 3.8) is 0 Å². The number of nitrogens with one attached hydrogen (secondary N) is 1. The van der Waals surface area contributed by atoms with Crippen LogP contribution in [0.2, 0.25) is 0 Å². The fourth-order valence-electron chi connectivity index (χ4n) is 2.05. The molecule has 1 aromatic rings. The van der Waals surface area contributed by atoms with E-state index in [9.17, 15) is 4.79 Å². The number of rotatable bonds is 3. The van der Waals surface area contributed by atoms with Crippen molar-refractivity contribution in [2.45, 2.75) is 32.7 Å². The number of hydrogen-bond donors (Lipinski definition) is 1. The van der Waals surface area contributed by atoms with E-state index in [-0.39, 0.29) is 17.9 Å². The molecule has 1 aromatic heterocycles. The van der Waals surface area contributed by atoms with Crippen molar-refractivity contribution in [3.8, 4) is 0 Å². The zero-order chi connectivity index (χ0) is 12.3.